The van der Waals surface area contributed by atoms with Crippen LogP contribution in [0, 0.1) is 11.2 Å². The molecule has 0 aromatic heterocycles. The maximum Gasteiger partial charge on any atom is 0.230 e. The van der Waals surface area contributed by atoms with Crippen LogP contribution < -0.4 is 5.32 Å². The molecule has 1 aromatic rings. The first-order valence-electron chi connectivity index (χ1n) is 7.66. The second-order valence-electron chi connectivity index (χ2n) is 6.01. The van der Waals surface area contributed by atoms with Crippen LogP contribution in [0.5, 0.6) is 0 Å². The molecule has 1 N–H and O–H groups in total. The van der Waals surface area contributed by atoms with Crippen LogP contribution in [0.15, 0.2) is 12.1 Å². The van der Waals surface area contributed by atoms with Gasteiger partial charge < -0.3 is 10.1 Å². The molecule has 6 heteroatoms. The lowest BCUT2D eigenvalue weighted by atomic mass is 9.89. The number of carbonyl (C=O) groups is 1. The average Bonchev–Trinajstić information content (AvgIpc) is 2.49. The van der Waals surface area contributed by atoms with Crippen molar-refractivity contribution in [2.75, 3.05) is 11.9 Å². The summed E-state index contributed by atoms with van der Waals surface area (Å²) >= 11 is 11.2. The zero-order chi connectivity index (χ0) is 17.6. The van der Waals surface area contributed by atoms with E-state index in [0.29, 0.717) is 30.1 Å². The van der Waals surface area contributed by atoms with Crippen LogP contribution in [0.1, 0.15) is 46.1 Å². The van der Waals surface area contributed by atoms with Gasteiger partial charge in [-0.2, -0.15) is 0 Å². The van der Waals surface area contributed by atoms with Gasteiger partial charge in [0.15, 0.2) is 5.05 Å². The van der Waals surface area contributed by atoms with E-state index in [9.17, 15) is 9.18 Å². The molecule has 0 fully saturated rings. The summed E-state index contributed by atoms with van der Waals surface area (Å²) in [7, 11) is 0. The van der Waals surface area contributed by atoms with Crippen LogP contribution >= 0.6 is 23.8 Å². The Hall–Kier alpha value is -1.20. The number of hydrogen-bond acceptors (Lipinski definition) is 3. The van der Waals surface area contributed by atoms with Crippen LogP contribution in [0.4, 0.5) is 10.1 Å². The SMILES string of the molecule is CCCOC(=S)Cc1cc(NC(=O)C(C)(C)CC)c(F)cc1Cl. The Morgan fingerprint density at radius 3 is 2.61 bits per heavy atom. The summed E-state index contributed by atoms with van der Waals surface area (Å²) in [5.41, 5.74) is 0.152. The molecule has 23 heavy (non-hydrogen) atoms. The zero-order valence-electron chi connectivity index (χ0n) is 14.0. The normalized spacial score (nSPS) is 11.2. The van der Waals surface area contributed by atoms with E-state index in [1.807, 2.05) is 27.7 Å². The predicted molar refractivity (Wildman–Crippen MR) is 96.7 cm³/mol. The Morgan fingerprint density at radius 1 is 1.39 bits per heavy atom. The molecular weight excluding hydrogens is 337 g/mol. The van der Waals surface area contributed by atoms with Crippen molar-refractivity contribution < 1.29 is 13.9 Å². The number of ether oxygens (including phenoxy) is 1. The van der Waals surface area contributed by atoms with Gasteiger partial charge in [0.2, 0.25) is 5.91 Å². The van der Waals surface area contributed by atoms with Gasteiger partial charge >= 0.3 is 0 Å². The van der Waals surface area contributed by atoms with Crippen LogP contribution in [0.25, 0.3) is 0 Å². The standard InChI is InChI=1S/C17H23ClFNO2S/c1-5-7-22-15(23)9-11-8-14(13(19)10-12(11)18)20-16(21)17(3,4)6-2/h8,10H,5-7,9H2,1-4H3,(H,20,21). The smallest absolute Gasteiger partial charge is 0.230 e. The molecule has 1 aromatic carbocycles. The van der Waals surface area contributed by atoms with Gasteiger partial charge in [0, 0.05) is 16.9 Å². The lowest BCUT2D eigenvalue weighted by Crippen LogP contribution is -2.30. The van der Waals surface area contributed by atoms with Crippen molar-refractivity contribution in [3.63, 3.8) is 0 Å². The van der Waals surface area contributed by atoms with E-state index < -0.39 is 11.2 Å². The fraction of sp³-hybridized carbons (Fsp3) is 0.529. The fourth-order valence-electron chi connectivity index (χ4n) is 1.70. The summed E-state index contributed by atoms with van der Waals surface area (Å²) in [5.74, 6) is -0.809. The van der Waals surface area contributed by atoms with Crippen LogP contribution in [0.3, 0.4) is 0 Å². The van der Waals surface area contributed by atoms with E-state index in [4.69, 9.17) is 28.6 Å². The number of rotatable bonds is 7. The zero-order valence-corrected chi connectivity index (χ0v) is 15.5. The van der Waals surface area contributed by atoms with E-state index in [1.54, 1.807) is 0 Å². The largest absolute Gasteiger partial charge is 0.487 e. The number of thiocarbonyl (C=S) groups is 1. The highest BCUT2D eigenvalue weighted by molar-refractivity contribution is 7.80. The summed E-state index contributed by atoms with van der Waals surface area (Å²) in [6.07, 6.45) is 1.80. The molecule has 1 amide bonds. The molecule has 0 saturated carbocycles. The summed E-state index contributed by atoms with van der Waals surface area (Å²) in [5, 5.41) is 3.29. The van der Waals surface area contributed by atoms with E-state index in [-0.39, 0.29) is 16.6 Å². The molecular formula is C17H23ClFNO2S. The van der Waals surface area contributed by atoms with Crippen molar-refractivity contribution in [3.8, 4) is 0 Å². The number of halogens is 2. The van der Waals surface area contributed by atoms with Gasteiger partial charge in [0.05, 0.1) is 12.3 Å². The van der Waals surface area contributed by atoms with E-state index in [0.717, 1.165) is 6.42 Å². The molecule has 0 heterocycles. The number of benzene rings is 1. The van der Waals surface area contributed by atoms with Gasteiger partial charge in [0.25, 0.3) is 0 Å². The first-order chi connectivity index (χ1) is 10.7. The van der Waals surface area contributed by atoms with Crippen molar-refractivity contribution in [2.45, 2.75) is 47.0 Å². The van der Waals surface area contributed by atoms with Crippen molar-refractivity contribution in [3.05, 3.63) is 28.5 Å². The predicted octanol–water partition coefficient (Wildman–Crippen LogP) is 5.15. The fourth-order valence-corrected chi connectivity index (χ4v) is 2.16. The first kappa shape index (κ1) is 19.8. The number of amides is 1. The van der Waals surface area contributed by atoms with Gasteiger partial charge in [-0.3, -0.25) is 4.79 Å². The number of nitrogens with one attached hydrogen (secondary N) is 1. The third-order valence-electron chi connectivity index (χ3n) is 3.68. The quantitative estimate of drug-likeness (QED) is 0.684. The van der Waals surface area contributed by atoms with Crippen LogP contribution in [-0.4, -0.2) is 17.6 Å². The van der Waals surface area contributed by atoms with Crippen molar-refractivity contribution in [2.24, 2.45) is 5.41 Å². The number of anilines is 1. The maximum absolute atomic E-state index is 14.1. The highest BCUT2D eigenvalue weighted by atomic mass is 35.5. The van der Waals surface area contributed by atoms with E-state index >= 15 is 0 Å². The Bertz CT molecular complexity index is 590. The lowest BCUT2D eigenvalue weighted by Gasteiger charge is -2.22. The molecule has 0 aliphatic heterocycles. The number of carbonyl (C=O) groups excluding carboxylic acids is 1. The van der Waals surface area contributed by atoms with E-state index in [2.05, 4.69) is 5.32 Å². The summed E-state index contributed by atoms with van der Waals surface area (Å²) in [6, 6.07) is 2.71. The van der Waals surface area contributed by atoms with Crippen LogP contribution in [0.2, 0.25) is 5.02 Å². The van der Waals surface area contributed by atoms with Crippen molar-refractivity contribution >= 4 is 40.5 Å². The second-order valence-corrected chi connectivity index (χ2v) is 6.87. The minimum atomic E-state index is -0.578. The molecule has 0 atom stereocenters. The summed E-state index contributed by atoms with van der Waals surface area (Å²) < 4.78 is 19.4. The molecule has 128 valence electrons. The molecule has 0 spiro atoms. The minimum Gasteiger partial charge on any atom is -0.487 e. The number of hydrogen-bond donors (Lipinski definition) is 1. The van der Waals surface area contributed by atoms with Crippen LogP contribution in [-0.2, 0) is 16.0 Å². The minimum absolute atomic E-state index is 0.106. The molecule has 3 nitrogen and oxygen atoms in total. The molecule has 0 radical (unpaired) electrons. The summed E-state index contributed by atoms with van der Waals surface area (Å²) in [6.45, 7) is 8.05. The Balaban J connectivity index is 2.96. The van der Waals surface area contributed by atoms with Gasteiger partial charge in [-0.1, -0.05) is 39.3 Å². The Morgan fingerprint density at radius 2 is 2.04 bits per heavy atom. The Labute approximate surface area is 147 Å². The maximum atomic E-state index is 14.1. The highest BCUT2D eigenvalue weighted by Gasteiger charge is 2.26. The van der Waals surface area contributed by atoms with Crippen molar-refractivity contribution in [1.82, 2.24) is 0 Å². The third kappa shape index (κ3) is 5.74. The molecule has 0 unspecified atom stereocenters. The van der Waals surface area contributed by atoms with Gasteiger partial charge in [-0.25, -0.2) is 4.39 Å². The Kier molecular flexibility index (Phi) is 7.42. The summed E-state index contributed by atoms with van der Waals surface area (Å²) in [4.78, 5) is 12.2. The average molecular weight is 360 g/mol. The van der Waals surface area contributed by atoms with Crippen molar-refractivity contribution in [1.29, 1.82) is 0 Å². The molecule has 0 bridgehead atoms. The molecule has 0 aliphatic rings. The molecule has 1 rings (SSSR count). The van der Waals surface area contributed by atoms with E-state index in [1.165, 1.54) is 12.1 Å². The lowest BCUT2D eigenvalue weighted by molar-refractivity contribution is -0.124. The topological polar surface area (TPSA) is 38.3 Å². The monoisotopic (exact) mass is 359 g/mol. The molecule has 0 aliphatic carbocycles. The first-order valence-corrected chi connectivity index (χ1v) is 8.44. The third-order valence-corrected chi connectivity index (χ3v) is 4.30. The second kappa shape index (κ2) is 8.60. The molecule has 0 saturated heterocycles. The van der Waals surface area contributed by atoms with Gasteiger partial charge in [-0.15, -0.1) is 0 Å². The highest BCUT2D eigenvalue weighted by Crippen LogP contribution is 2.28. The van der Waals surface area contributed by atoms with Gasteiger partial charge in [-0.05, 0) is 42.8 Å². The van der Waals surface area contributed by atoms with Gasteiger partial charge in [0.1, 0.15) is 5.82 Å².